The maximum Gasteiger partial charge on any atom is 0.227 e. The van der Waals surface area contributed by atoms with Gasteiger partial charge in [0, 0.05) is 22.6 Å². The molecule has 0 spiro atoms. The van der Waals surface area contributed by atoms with Crippen LogP contribution in [0.25, 0.3) is 0 Å². The van der Waals surface area contributed by atoms with E-state index < -0.39 is 34.6 Å². The lowest BCUT2D eigenvalue weighted by molar-refractivity contribution is -0.131. The summed E-state index contributed by atoms with van der Waals surface area (Å²) in [5, 5.41) is 43.3. The highest BCUT2D eigenvalue weighted by molar-refractivity contribution is 8.16. The summed E-state index contributed by atoms with van der Waals surface area (Å²) in [5.74, 6) is 1.04. The predicted octanol–water partition coefficient (Wildman–Crippen LogP) is 2.60. The van der Waals surface area contributed by atoms with Gasteiger partial charge >= 0.3 is 0 Å². The Labute approximate surface area is 220 Å². The minimum Gasteiger partial charge on any atom is -0.494 e. The van der Waals surface area contributed by atoms with Crippen LogP contribution in [-0.2, 0) is 11.2 Å². The van der Waals surface area contributed by atoms with Crippen molar-refractivity contribution in [3.63, 3.8) is 0 Å². The molecule has 2 aromatic carbocycles. The van der Waals surface area contributed by atoms with E-state index in [-0.39, 0.29) is 17.8 Å². The fourth-order valence-electron chi connectivity index (χ4n) is 4.26. The summed E-state index contributed by atoms with van der Waals surface area (Å²) in [6, 6.07) is 13.5. The lowest BCUT2D eigenvalue weighted by Crippen LogP contribution is -2.47. The lowest BCUT2D eigenvalue weighted by atomic mass is 9.94. The normalized spacial score (nSPS) is 25.4. The van der Waals surface area contributed by atoms with Gasteiger partial charge in [-0.2, -0.15) is 0 Å². The number of carbonyl (C=O) groups is 1. The second-order valence-corrected chi connectivity index (χ2v) is 12.9. The second-order valence-electron chi connectivity index (χ2n) is 10.1. The number of aliphatic hydroxyl groups excluding tert-OH is 4. The lowest BCUT2D eigenvalue weighted by Gasteiger charge is -2.42. The summed E-state index contributed by atoms with van der Waals surface area (Å²) in [6.45, 7) is 4.12. The number of nitrogens with one attached hydrogen (secondary N) is 1. The Morgan fingerprint density at radius 2 is 1.83 bits per heavy atom. The molecule has 2 aromatic rings. The summed E-state index contributed by atoms with van der Waals surface area (Å²) in [7, 11) is -0.696. The molecule has 200 valence electrons. The fraction of sp³-hybridized carbons (Fsp3) is 0.519. The van der Waals surface area contributed by atoms with E-state index in [1.54, 1.807) is 13.8 Å². The topological polar surface area (TPSA) is 119 Å². The number of hydrogen-bond acceptors (Lipinski definition) is 6. The maximum atomic E-state index is 12.0. The van der Waals surface area contributed by atoms with Crippen molar-refractivity contribution in [1.29, 1.82) is 0 Å². The quantitative estimate of drug-likeness (QED) is 0.204. The SMILES string of the molecule is C[SH]1C[C@@H](O)[C@@H](O)[C@@H](O)[C@@H]1c1ccc(Cl)c(Cc2ccc(OCCCNC(=O)C(C)(C)CO)cc2)c1. The van der Waals surface area contributed by atoms with Crippen LogP contribution in [-0.4, -0.2) is 76.4 Å². The van der Waals surface area contributed by atoms with Crippen LogP contribution in [0.3, 0.4) is 0 Å². The third-order valence-electron chi connectivity index (χ3n) is 6.63. The van der Waals surface area contributed by atoms with Gasteiger partial charge in [0.2, 0.25) is 5.91 Å². The van der Waals surface area contributed by atoms with E-state index in [0.717, 1.165) is 22.4 Å². The molecule has 7 nitrogen and oxygen atoms in total. The van der Waals surface area contributed by atoms with Gasteiger partial charge in [0.15, 0.2) is 0 Å². The zero-order valence-corrected chi connectivity index (χ0v) is 22.7. The molecule has 3 rings (SSSR count). The molecule has 1 heterocycles. The molecule has 0 saturated carbocycles. The van der Waals surface area contributed by atoms with E-state index in [4.69, 9.17) is 16.3 Å². The molecule has 1 aliphatic heterocycles. The molecule has 9 heteroatoms. The van der Waals surface area contributed by atoms with E-state index in [9.17, 15) is 25.2 Å². The van der Waals surface area contributed by atoms with Gasteiger partial charge in [-0.25, -0.2) is 10.9 Å². The molecule has 1 unspecified atom stereocenters. The number of carbonyl (C=O) groups excluding carboxylic acids is 1. The van der Waals surface area contributed by atoms with Gasteiger partial charge in [-0.15, -0.1) is 0 Å². The molecule has 0 aliphatic carbocycles. The summed E-state index contributed by atoms with van der Waals surface area (Å²) in [5.41, 5.74) is 2.12. The Kier molecular flexibility index (Phi) is 10.1. The number of benzene rings is 2. The molecule has 36 heavy (non-hydrogen) atoms. The van der Waals surface area contributed by atoms with Crippen LogP contribution in [0.1, 0.15) is 42.2 Å². The zero-order chi connectivity index (χ0) is 26.5. The molecule has 1 aliphatic rings. The first-order valence-corrected chi connectivity index (χ1v) is 14.6. The van der Waals surface area contributed by atoms with Gasteiger partial charge in [-0.05, 0) is 67.8 Å². The molecule has 5 atom stereocenters. The number of aliphatic hydroxyl groups is 4. The number of amides is 1. The molecule has 1 saturated heterocycles. The number of hydrogen-bond donors (Lipinski definition) is 6. The number of ether oxygens (including phenoxy) is 1. The number of rotatable bonds is 10. The van der Waals surface area contributed by atoms with Gasteiger partial charge in [-0.1, -0.05) is 35.9 Å². The highest BCUT2D eigenvalue weighted by atomic mass is 35.5. The first kappa shape index (κ1) is 28.8. The highest BCUT2D eigenvalue weighted by Crippen LogP contribution is 2.48. The summed E-state index contributed by atoms with van der Waals surface area (Å²) >= 11 is 6.48. The van der Waals surface area contributed by atoms with Crippen LogP contribution in [0.15, 0.2) is 42.5 Å². The van der Waals surface area contributed by atoms with Crippen molar-refractivity contribution in [2.24, 2.45) is 5.41 Å². The van der Waals surface area contributed by atoms with E-state index in [2.05, 4.69) is 5.32 Å². The van der Waals surface area contributed by atoms with Gasteiger partial charge in [0.25, 0.3) is 0 Å². The van der Waals surface area contributed by atoms with Crippen LogP contribution < -0.4 is 10.1 Å². The van der Waals surface area contributed by atoms with Gasteiger partial charge < -0.3 is 30.5 Å². The molecular formula is C27H38ClNO6S. The third kappa shape index (κ3) is 7.15. The average Bonchev–Trinajstić information content (AvgIpc) is 2.85. The van der Waals surface area contributed by atoms with Crippen molar-refractivity contribution in [3.05, 3.63) is 64.2 Å². The largest absolute Gasteiger partial charge is 0.494 e. The Bertz CT molecular complexity index is 1020. The van der Waals surface area contributed by atoms with Crippen molar-refractivity contribution in [1.82, 2.24) is 5.32 Å². The third-order valence-corrected chi connectivity index (χ3v) is 9.50. The first-order valence-electron chi connectivity index (χ1n) is 12.2. The van der Waals surface area contributed by atoms with Crippen LogP contribution in [0.2, 0.25) is 5.02 Å². The van der Waals surface area contributed by atoms with E-state index in [1.165, 1.54) is 0 Å². The van der Waals surface area contributed by atoms with Crippen LogP contribution in [0, 0.1) is 5.41 Å². The minimum atomic E-state index is -1.15. The second kappa shape index (κ2) is 12.6. The Morgan fingerprint density at radius 1 is 1.14 bits per heavy atom. The molecule has 5 N–H and O–H groups in total. The van der Waals surface area contributed by atoms with E-state index >= 15 is 0 Å². The highest BCUT2D eigenvalue weighted by Gasteiger charge is 2.40. The Hall–Kier alpha value is -1.81. The van der Waals surface area contributed by atoms with Gasteiger partial charge in [-0.3, -0.25) is 4.79 Å². The minimum absolute atomic E-state index is 0.181. The monoisotopic (exact) mass is 539 g/mol. The Balaban J connectivity index is 1.55. The van der Waals surface area contributed by atoms with Crippen molar-refractivity contribution in [2.45, 2.75) is 50.3 Å². The fourth-order valence-corrected chi connectivity index (χ4v) is 6.84. The smallest absolute Gasteiger partial charge is 0.227 e. The molecule has 0 aromatic heterocycles. The van der Waals surface area contributed by atoms with Crippen LogP contribution in [0.5, 0.6) is 5.75 Å². The summed E-state index contributed by atoms with van der Waals surface area (Å²) in [6.07, 6.45) is 0.242. The van der Waals surface area contributed by atoms with Crippen LogP contribution >= 0.6 is 22.5 Å². The Morgan fingerprint density at radius 3 is 2.50 bits per heavy atom. The number of thiol groups is 1. The van der Waals surface area contributed by atoms with Crippen molar-refractivity contribution >= 4 is 28.4 Å². The molecule has 0 radical (unpaired) electrons. The maximum absolute atomic E-state index is 12.0. The zero-order valence-electron chi connectivity index (χ0n) is 21.0. The first-order chi connectivity index (χ1) is 17.0. The van der Waals surface area contributed by atoms with Crippen molar-refractivity contribution in [3.8, 4) is 5.75 Å². The molecule has 0 bridgehead atoms. The van der Waals surface area contributed by atoms with Gasteiger partial charge in [0.05, 0.1) is 30.8 Å². The van der Waals surface area contributed by atoms with Gasteiger partial charge in [0.1, 0.15) is 11.9 Å². The van der Waals surface area contributed by atoms with Crippen molar-refractivity contribution < 1.29 is 30.0 Å². The van der Waals surface area contributed by atoms with E-state index in [1.807, 2.05) is 48.7 Å². The van der Waals surface area contributed by atoms with E-state index in [0.29, 0.717) is 36.8 Å². The average molecular weight is 540 g/mol. The standard InChI is InChI=1S/C27H38ClNO6S/c1-27(2,16-30)26(34)29-11-4-12-35-20-8-5-17(6-9-20)13-19-14-18(7-10-21(19)28)25-24(33)23(32)22(31)15-36(25)3/h5-10,14,22-25,30-33,36H,4,11-13,15-16H2,1-3H3,(H,29,34)/t22-,23-,24-,25+/m1/s1. The number of halogens is 1. The van der Waals surface area contributed by atoms with Crippen LogP contribution in [0.4, 0.5) is 0 Å². The molecule has 1 amide bonds. The van der Waals surface area contributed by atoms with Crippen molar-refractivity contribution in [2.75, 3.05) is 31.8 Å². The predicted molar refractivity (Wildman–Crippen MR) is 145 cm³/mol. The summed E-state index contributed by atoms with van der Waals surface area (Å²) in [4.78, 5) is 12.0. The molecule has 1 fully saturated rings. The molecular weight excluding hydrogens is 502 g/mol. The summed E-state index contributed by atoms with van der Waals surface area (Å²) < 4.78 is 5.77.